The average Bonchev–Trinajstić information content (AvgIpc) is 2.31. The molecule has 1 heterocycles. The summed E-state index contributed by atoms with van der Waals surface area (Å²) >= 11 is 1.46. The first-order valence-corrected chi connectivity index (χ1v) is 4.11. The van der Waals surface area contributed by atoms with Crippen LogP contribution in [0.2, 0.25) is 0 Å². The van der Waals surface area contributed by atoms with Crippen molar-refractivity contribution >= 4 is 26.4 Å². The van der Waals surface area contributed by atoms with E-state index in [1.165, 1.54) is 40.5 Å². The molecule has 0 spiro atoms. The van der Waals surface area contributed by atoms with Gasteiger partial charge in [-0.2, -0.15) is 5.10 Å². The predicted octanol–water partition coefficient (Wildman–Crippen LogP) is 1.93. The highest BCUT2D eigenvalue weighted by Gasteiger charge is 2.20. The number of carbonyl (C=O) groups is 1. The molecule has 0 saturated heterocycles. The Hall–Kier alpha value is -0.530. The smallest absolute Gasteiger partial charge is 0.282 e. The van der Waals surface area contributed by atoms with Gasteiger partial charge in [-0.25, -0.2) is 8.78 Å². The average molecular weight is 286 g/mol. The molecule has 0 fully saturated rings. The van der Waals surface area contributed by atoms with Crippen LogP contribution in [-0.4, -0.2) is 13.6 Å². The van der Waals surface area contributed by atoms with Crippen molar-refractivity contribution in [1.29, 1.82) is 0 Å². The molecule has 1 rings (SSSR count). The minimum absolute atomic E-state index is 0.0203. The van der Waals surface area contributed by atoms with Crippen LogP contribution in [-0.2, 0) is 7.05 Å². The monoisotopic (exact) mass is 286 g/mol. The van der Waals surface area contributed by atoms with Crippen molar-refractivity contribution in [2.24, 2.45) is 7.05 Å². The number of carbonyl (C=O) groups excluding carboxylic acids is 1. The summed E-state index contributed by atoms with van der Waals surface area (Å²) in [5.74, 6) is 0. The molecule has 0 N–H and O–H groups in total. The highest BCUT2D eigenvalue weighted by atomic mass is 127. The van der Waals surface area contributed by atoms with Crippen molar-refractivity contribution < 1.29 is 13.6 Å². The Bertz CT molecular complexity index is 310. The molecule has 12 heavy (non-hydrogen) atoms. The molecule has 0 atom stereocenters. The van der Waals surface area contributed by atoms with E-state index < -0.39 is 15.9 Å². The van der Waals surface area contributed by atoms with Gasteiger partial charge in [0.05, 0.1) is 5.56 Å². The maximum atomic E-state index is 12.2. The van der Waals surface area contributed by atoms with Crippen molar-refractivity contribution in [1.82, 2.24) is 9.78 Å². The second-order valence-corrected chi connectivity index (χ2v) is 3.16. The van der Waals surface area contributed by atoms with Gasteiger partial charge in [0.15, 0.2) is 0 Å². The lowest BCUT2D eigenvalue weighted by atomic mass is 10.3. The highest BCUT2D eigenvalue weighted by Crippen LogP contribution is 2.22. The van der Waals surface area contributed by atoms with Crippen LogP contribution in [0.25, 0.3) is 0 Å². The van der Waals surface area contributed by atoms with Gasteiger partial charge < -0.3 is 0 Å². The molecular weight excluding hydrogens is 281 g/mol. The van der Waals surface area contributed by atoms with Crippen LogP contribution >= 0.6 is 22.6 Å². The normalized spacial score (nSPS) is 10.8. The third kappa shape index (κ3) is 1.79. The molecule has 0 bridgehead atoms. The number of alkyl halides is 2. The maximum absolute atomic E-state index is 12.2. The molecular formula is C6H5F2IN2O. The quantitative estimate of drug-likeness (QED) is 0.615. The fraction of sp³-hybridized carbons (Fsp3) is 0.333. The zero-order chi connectivity index (χ0) is 9.30. The van der Waals surface area contributed by atoms with Crippen molar-refractivity contribution in [3.63, 3.8) is 0 Å². The van der Waals surface area contributed by atoms with Gasteiger partial charge in [-0.15, -0.1) is 0 Å². The Morgan fingerprint density at radius 3 is 2.67 bits per heavy atom. The van der Waals surface area contributed by atoms with Crippen LogP contribution < -0.4 is 0 Å². The fourth-order valence-corrected chi connectivity index (χ4v) is 1.23. The number of hydrogen-bond acceptors (Lipinski definition) is 2. The summed E-state index contributed by atoms with van der Waals surface area (Å²) in [6.07, 6.45) is -1.41. The minimum Gasteiger partial charge on any atom is -0.282 e. The molecule has 0 saturated carbocycles. The first-order chi connectivity index (χ1) is 5.52. The summed E-state index contributed by atoms with van der Waals surface area (Å²) in [6, 6.07) is 0. The third-order valence-corrected chi connectivity index (χ3v) is 1.86. The molecule has 0 aliphatic carbocycles. The fourth-order valence-electron chi connectivity index (χ4n) is 0.818. The summed E-state index contributed by atoms with van der Waals surface area (Å²) in [6.45, 7) is 0. The van der Waals surface area contributed by atoms with Gasteiger partial charge in [-0.1, -0.05) is 0 Å². The Labute approximate surface area is 80.9 Å². The summed E-state index contributed by atoms with van der Waals surface area (Å²) in [5.41, 5.74) is -0.468. The van der Waals surface area contributed by atoms with E-state index in [2.05, 4.69) is 5.10 Å². The standard InChI is InChI=1S/C6H5F2IN2O/c1-11-2-3(6(9)12)4(10-11)5(7)8/h2,5H,1H3. The first-order valence-electron chi connectivity index (χ1n) is 3.04. The van der Waals surface area contributed by atoms with Crippen LogP contribution in [0, 0.1) is 0 Å². The van der Waals surface area contributed by atoms with Gasteiger partial charge >= 0.3 is 0 Å². The topological polar surface area (TPSA) is 34.9 Å². The van der Waals surface area contributed by atoms with Crippen molar-refractivity contribution in [3.05, 3.63) is 17.5 Å². The van der Waals surface area contributed by atoms with Gasteiger partial charge in [0.2, 0.25) is 3.79 Å². The van der Waals surface area contributed by atoms with E-state index in [1.54, 1.807) is 0 Å². The van der Waals surface area contributed by atoms with Crippen molar-refractivity contribution in [2.75, 3.05) is 0 Å². The third-order valence-electron chi connectivity index (χ3n) is 1.28. The van der Waals surface area contributed by atoms with Crippen LogP contribution in [0.5, 0.6) is 0 Å². The molecule has 1 aromatic heterocycles. The van der Waals surface area contributed by atoms with E-state index in [0.29, 0.717) is 0 Å². The van der Waals surface area contributed by atoms with E-state index >= 15 is 0 Å². The summed E-state index contributed by atoms with van der Waals surface area (Å²) in [5, 5.41) is 3.47. The van der Waals surface area contributed by atoms with Crippen LogP contribution in [0.15, 0.2) is 6.20 Å². The van der Waals surface area contributed by atoms with Crippen LogP contribution in [0.4, 0.5) is 8.78 Å². The Morgan fingerprint density at radius 2 is 2.33 bits per heavy atom. The van der Waals surface area contributed by atoms with Crippen molar-refractivity contribution in [2.45, 2.75) is 6.43 Å². The molecule has 0 aliphatic rings. The van der Waals surface area contributed by atoms with Gasteiger partial charge in [0.1, 0.15) is 5.69 Å². The Kier molecular flexibility index (Phi) is 2.76. The maximum Gasteiger partial charge on any atom is 0.282 e. The number of aromatic nitrogens is 2. The zero-order valence-corrected chi connectivity index (χ0v) is 8.25. The lowest BCUT2D eigenvalue weighted by molar-refractivity contribution is 0.108. The molecule has 0 radical (unpaired) electrons. The molecule has 1 aromatic rings. The number of aryl methyl sites for hydroxylation is 1. The molecule has 6 heteroatoms. The summed E-state index contributed by atoms with van der Waals surface area (Å²) in [7, 11) is 1.50. The lowest BCUT2D eigenvalue weighted by Gasteiger charge is -1.93. The number of nitrogens with zero attached hydrogens (tertiary/aromatic N) is 2. The Morgan fingerprint density at radius 1 is 1.75 bits per heavy atom. The Balaban J connectivity index is 3.17. The lowest BCUT2D eigenvalue weighted by Crippen LogP contribution is -1.94. The van der Waals surface area contributed by atoms with Crippen molar-refractivity contribution in [3.8, 4) is 0 Å². The van der Waals surface area contributed by atoms with E-state index in [4.69, 9.17) is 0 Å². The highest BCUT2D eigenvalue weighted by molar-refractivity contribution is 14.1. The van der Waals surface area contributed by atoms with Gasteiger partial charge in [-0.05, 0) is 0 Å². The van der Waals surface area contributed by atoms with Gasteiger partial charge in [-0.3, -0.25) is 9.48 Å². The molecule has 3 nitrogen and oxygen atoms in total. The second-order valence-electron chi connectivity index (χ2n) is 2.18. The van der Waals surface area contributed by atoms with Crippen LogP contribution in [0.1, 0.15) is 22.5 Å². The molecule has 66 valence electrons. The molecule has 0 aliphatic heterocycles. The van der Waals surface area contributed by atoms with Crippen LogP contribution in [0.3, 0.4) is 0 Å². The summed E-state index contributed by atoms with van der Waals surface area (Å²) < 4.78 is 25.1. The molecule has 0 amide bonds. The largest absolute Gasteiger partial charge is 0.282 e. The number of halogens is 3. The van der Waals surface area contributed by atoms with Gasteiger partial charge in [0, 0.05) is 35.8 Å². The predicted molar refractivity (Wildman–Crippen MR) is 46.5 cm³/mol. The van der Waals surface area contributed by atoms with E-state index in [1.807, 2.05) is 0 Å². The van der Waals surface area contributed by atoms with E-state index in [9.17, 15) is 13.6 Å². The minimum atomic E-state index is -2.69. The first kappa shape index (κ1) is 9.56. The van der Waals surface area contributed by atoms with E-state index in [-0.39, 0.29) is 5.56 Å². The van der Waals surface area contributed by atoms with Gasteiger partial charge in [0.25, 0.3) is 6.43 Å². The SMILES string of the molecule is Cn1cc(C(=O)I)c(C(F)F)n1. The molecule has 0 aromatic carbocycles. The molecule has 0 unspecified atom stereocenters. The second kappa shape index (κ2) is 3.46. The summed E-state index contributed by atoms with van der Waals surface area (Å²) in [4.78, 5) is 10.8. The van der Waals surface area contributed by atoms with E-state index in [0.717, 1.165) is 0 Å². The number of rotatable bonds is 2. The number of hydrogen-bond donors (Lipinski definition) is 0. The zero-order valence-electron chi connectivity index (χ0n) is 6.09.